The Morgan fingerprint density at radius 3 is 2.74 bits per heavy atom. The van der Waals surface area contributed by atoms with Gasteiger partial charge >= 0.3 is 0 Å². The Labute approximate surface area is 125 Å². The van der Waals surface area contributed by atoms with Gasteiger partial charge < -0.3 is 10.6 Å². The van der Waals surface area contributed by atoms with E-state index in [1.54, 1.807) is 0 Å². The molecule has 1 heterocycles. The van der Waals surface area contributed by atoms with Gasteiger partial charge in [0.25, 0.3) is 0 Å². The molecule has 6 heteroatoms. The maximum atomic E-state index is 6.10. The number of benzene rings is 1. The number of nitrogens with one attached hydrogen (secondary N) is 2. The average Bonchev–Trinajstić information content (AvgIpc) is 2.40. The standard InChI is InChI=1S/C13H14BrClN4/c1-3-16-12-11(14)13(18-7-17-12)19-10-6-4-5-9(15)8(10)2/h4-7H,3H2,1-2H3,(H2,16,17,18,19). The maximum Gasteiger partial charge on any atom is 0.150 e. The number of nitrogens with zero attached hydrogens (tertiary/aromatic N) is 2. The van der Waals surface area contributed by atoms with Crippen molar-refractivity contribution in [2.45, 2.75) is 13.8 Å². The van der Waals surface area contributed by atoms with Crippen LogP contribution in [0, 0.1) is 6.92 Å². The first-order valence-corrected chi connectivity index (χ1v) is 7.07. The second-order valence-electron chi connectivity index (χ2n) is 3.95. The summed E-state index contributed by atoms with van der Waals surface area (Å²) in [5.41, 5.74) is 1.91. The van der Waals surface area contributed by atoms with Crippen LogP contribution in [-0.2, 0) is 0 Å². The fraction of sp³-hybridized carbons (Fsp3) is 0.231. The molecule has 19 heavy (non-hydrogen) atoms. The molecule has 0 unspecified atom stereocenters. The molecular weight excluding hydrogens is 328 g/mol. The van der Waals surface area contributed by atoms with Gasteiger partial charge in [0.05, 0.1) is 0 Å². The first-order valence-electron chi connectivity index (χ1n) is 5.90. The molecule has 0 aliphatic carbocycles. The molecule has 0 saturated heterocycles. The van der Waals surface area contributed by atoms with Gasteiger partial charge in [-0.05, 0) is 47.5 Å². The Morgan fingerprint density at radius 1 is 1.26 bits per heavy atom. The topological polar surface area (TPSA) is 49.8 Å². The fourth-order valence-corrected chi connectivity index (χ4v) is 2.24. The molecule has 0 atom stereocenters. The Bertz CT molecular complexity index is 589. The summed E-state index contributed by atoms with van der Waals surface area (Å²) in [5.74, 6) is 1.47. The van der Waals surface area contributed by atoms with E-state index < -0.39 is 0 Å². The van der Waals surface area contributed by atoms with Gasteiger partial charge in [-0.1, -0.05) is 17.7 Å². The average molecular weight is 342 g/mol. The van der Waals surface area contributed by atoms with Crippen LogP contribution in [0.2, 0.25) is 5.02 Å². The van der Waals surface area contributed by atoms with Gasteiger partial charge in [0.1, 0.15) is 22.4 Å². The van der Waals surface area contributed by atoms with E-state index in [-0.39, 0.29) is 0 Å². The highest BCUT2D eigenvalue weighted by Crippen LogP contribution is 2.31. The van der Waals surface area contributed by atoms with Gasteiger partial charge in [0.2, 0.25) is 0 Å². The summed E-state index contributed by atoms with van der Waals surface area (Å²) < 4.78 is 0.802. The van der Waals surface area contributed by atoms with Gasteiger partial charge in [-0.15, -0.1) is 0 Å². The van der Waals surface area contributed by atoms with E-state index in [4.69, 9.17) is 11.6 Å². The molecule has 0 spiro atoms. The summed E-state index contributed by atoms with van der Waals surface area (Å²) in [5, 5.41) is 7.15. The summed E-state index contributed by atoms with van der Waals surface area (Å²) in [7, 11) is 0. The first-order chi connectivity index (χ1) is 9.13. The van der Waals surface area contributed by atoms with Gasteiger partial charge in [-0.3, -0.25) is 0 Å². The summed E-state index contributed by atoms with van der Waals surface area (Å²) in [6.07, 6.45) is 1.52. The lowest BCUT2D eigenvalue weighted by Gasteiger charge is -2.13. The lowest BCUT2D eigenvalue weighted by molar-refractivity contribution is 1.10. The molecule has 100 valence electrons. The number of anilines is 3. The summed E-state index contributed by atoms with van der Waals surface area (Å²) in [6, 6.07) is 5.72. The van der Waals surface area contributed by atoms with E-state index in [0.717, 1.165) is 33.1 Å². The minimum Gasteiger partial charge on any atom is -0.369 e. The normalized spacial score (nSPS) is 10.3. The summed E-state index contributed by atoms with van der Waals surface area (Å²) >= 11 is 9.60. The molecule has 0 bridgehead atoms. The minimum atomic E-state index is 0.705. The van der Waals surface area contributed by atoms with Gasteiger partial charge in [0, 0.05) is 17.3 Å². The number of rotatable bonds is 4. The highest BCUT2D eigenvalue weighted by atomic mass is 79.9. The molecule has 4 nitrogen and oxygen atoms in total. The summed E-state index contributed by atoms with van der Waals surface area (Å²) in [6.45, 7) is 4.78. The van der Waals surface area contributed by atoms with E-state index >= 15 is 0 Å². The van der Waals surface area contributed by atoms with Crippen molar-refractivity contribution in [3.05, 3.63) is 39.6 Å². The van der Waals surface area contributed by atoms with E-state index in [1.807, 2.05) is 32.0 Å². The highest BCUT2D eigenvalue weighted by Gasteiger charge is 2.10. The summed E-state index contributed by atoms with van der Waals surface area (Å²) in [4.78, 5) is 8.41. The maximum absolute atomic E-state index is 6.10. The van der Waals surface area contributed by atoms with Crippen molar-refractivity contribution in [1.82, 2.24) is 9.97 Å². The zero-order valence-electron chi connectivity index (χ0n) is 10.7. The third kappa shape index (κ3) is 3.16. The molecule has 1 aromatic carbocycles. The molecule has 2 N–H and O–H groups in total. The largest absolute Gasteiger partial charge is 0.369 e. The number of halogens is 2. The molecule has 0 amide bonds. The molecular formula is C13H14BrClN4. The van der Waals surface area contributed by atoms with Crippen molar-refractivity contribution in [2.75, 3.05) is 17.2 Å². The highest BCUT2D eigenvalue weighted by molar-refractivity contribution is 9.10. The van der Waals surface area contributed by atoms with Crippen molar-refractivity contribution < 1.29 is 0 Å². The molecule has 0 saturated carbocycles. The van der Waals surface area contributed by atoms with E-state index in [2.05, 4.69) is 36.5 Å². The zero-order chi connectivity index (χ0) is 13.8. The van der Waals surface area contributed by atoms with Crippen LogP contribution >= 0.6 is 27.5 Å². The minimum absolute atomic E-state index is 0.705. The lowest BCUT2D eigenvalue weighted by atomic mass is 10.2. The molecule has 0 radical (unpaired) electrons. The van der Waals surface area contributed by atoms with Crippen molar-refractivity contribution in [3.63, 3.8) is 0 Å². The fourth-order valence-electron chi connectivity index (χ4n) is 1.62. The van der Waals surface area contributed by atoms with Crippen molar-refractivity contribution in [2.24, 2.45) is 0 Å². The Balaban J connectivity index is 2.33. The zero-order valence-corrected chi connectivity index (χ0v) is 13.0. The smallest absolute Gasteiger partial charge is 0.150 e. The van der Waals surface area contributed by atoms with Crippen LogP contribution in [-0.4, -0.2) is 16.5 Å². The van der Waals surface area contributed by atoms with Crippen LogP contribution in [0.1, 0.15) is 12.5 Å². The number of hydrogen-bond acceptors (Lipinski definition) is 4. The van der Waals surface area contributed by atoms with Crippen LogP contribution in [0.15, 0.2) is 29.0 Å². The molecule has 0 fully saturated rings. The van der Waals surface area contributed by atoms with Crippen LogP contribution < -0.4 is 10.6 Å². The monoisotopic (exact) mass is 340 g/mol. The Hall–Kier alpha value is -1.33. The van der Waals surface area contributed by atoms with Crippen molar-refractivity contribution in [1.29, 1.82) is 0 Å². The molecule has 1 aromatic heterocycles. The van der Waals surface area contributed by atoms with Gasteiger partial charge in [0.15, 0.2) is 0 Å². The van der Waals surface area contributed by atoms with Crippen LogP contribution in [0.4, 0.5) is 17.3 Å². The SMILES string of the molecule is CCNc1ncnc(Nc2cccc(Cl)c2C)c1Br. The molecule has 0 aliphatic rings. The molecule has 2 rings (SSSR count). The Kier molecular flexibility index (Phi) is 4.61. The molecule has 0 aliphatic heterocycles. The van der Waals surface area contributed by atoms with Crippen LogP contribution in [0.5, 0.6) is 0 Å². The van der Waals surface area contributed by atoms with E-state index in [1.165, 1.54) is 6.33 Å². The number of hydrogen-bond donors (Lipinski definition) is 2. The second-order valence-corrected chi connectivity index (χ2v) is 5.15. The number of aromatic nitrogens is 2. The van der Waals surface area contributed by atoms with Gasteiger partial charge in [-0.2, -0.15) is 0 Å². The quantitative estimate of drug-likeness (QED) is 0.866. The van der Waals surface area contributed by atoms with Crippen molar-refractivity contribution >= 4 is 44.9 Å². The third-order valence-electron chi connectivity index (χ3n) is 2.65. The van der Waals surface area contributed by atoms with Gasteiger partial charge in [-0.25, -0.2) is 9.97 Å². The third-order valence-corrected chi connectivity index (χ3v) is 3.82. The first kappa shape index (κ1) is 14.1. The lowest BCUT2D eigenvalue weighted by Crippen LogP contribution is -2.04. The predicted molar refractivity (Wildman–Crippen MR) is 83.4 cm³/mol. The predicted octanol–water partition coefficient (Wildman–Crippen LogP) is 4.38. The van der Waals surface area contributed by atoms with E-state index in [0.29, 0.717) is 5.82 Å². The van der Waals surface area contributed by atoms with E-state index in [9.17, 15) is 0 Å². The second kappa shape index (κ2) is 6.21. The van der Waals surface area contributed by atoms with Crippen LogP contribution in [0.3, 0.4) is 0 Å². The molecule has 2 aromatic rings. The van der Waals surface area contributed by atoms with Crippen molar-refractivity contribution in [3.8, 4) is 0 Å². The Morgan fingerprint density at radius 2 is 2.00 bits per heavy atom. The van der Waals surface area contributed by atoms with Crippen LogP contribution in [0.25, 0.3) is 0 Å².